The molecule has 0 aromatic carbocycles. The number of nitrogens with zero attached hydrogens (tertiary/aromatic N) is 2. The lowest BCUT2D eigenvalue weighted by atomic mass is 10.5. The van der Waals surface area contributed by atoms with Crippen LogP contribution >= 0.6 is 11.6 Å². The minimum absolute atomic E-state index is 0.302. The number of anilines is 1. The van der Waals surface area contributed by atoms with Gasteiger partial charge in [0, 0.05) is 0 Å². The number of carbonyl (C=O) groups excluding carboxylic acids is 1. The van der Waals surface area contributed by atoms with Crippen molar-refractivity contribution < 1.29 is 4.79 Å². The van der Waals surface area contributed by atoms with E-state index in [-0.39, 0.29) is 0 Å². The number of nitrogens with one attached hydrogen (secondary N) is 1. The molecule has 52 valence electrons. The average molecular weight is 158 g/mol. The third kappa shape index (κ3) is 1.66. The molecule has 1 heterocycles. The molecule has 0 aliphatic carbocycles. The van der Waals surface area contributed by atoms with Crippen LogP contribution in [-0.4, -0.2) is 16.6 Å². The molecule has 0 atom stereocenters. The maximum Gasteiger partial charge on any atom is 0.212 e. The van der Waals surface area contributed by atoms with Gasteiger partial charge in [0.1, 0.15) is 0 Å². The average Bonchev–Trinajstić information content (AvgIpc) is 1.95. The largest absolute Gasteiger partial charge is 0.312 e. The molecule has 0 aliphatic heterocycles. The number of amides is 1. The normalized spacial score (nSPS) is 8.90. The molecule has 1 aromatic heterocycles. The zero-order valence-corrected chi connectivity index (χ0v) is 5.67. The number of hydrogen-bond donors (Lipinski definition) is 1. The Morgan fingerprint density at radius 2 is 2.30 bits per heavy atom. The fraction of sp³-hybridized carbons (Fsp3) is 0. The Morgan fingerprint density at radius 3 is 2.80 bits per heavy atom. The van der Waals surface area contributed by atoms with E-state index in [9.17, 15) is 4.79 Å². The van der Waals surface area contributed by atoms with Gasteiger partial charge < -0.3 is 5.32 Å². The Kier molecular flexibility index (Phi) is 2.17. The molecule has 10 heavy (non-hydrogen) atoms. The first kappa shape index (κ1) is 6.95. The van der Waals surface area contributed by atoms with Crippen molar-refractivity contribution >= 4 is 23.8 Å². The van der Waals surface area contributed by atoms with E-state index >= 15 is 0 Å². The first-order valence-corrected chi connectivity index (χ1v) is 2.90. The highest BCUT2D eigenvalue weighted by Crippen LogP contribution is 2.04. The van der Waals surface area contributed by atoms with Crippen LogP contribution in [0.15, 0.2) is 12.1 Å². The summed E-state index contributed by atoms with van der Waals surface area (Å²) in [7, 11) is 0. The second-order valence-electron chi connectivity index (χ2n) is 1.50. The lowest BCUT2D eigenvalue weighted by Crippen LogP contribution is -1.97. The monoisotopic (exact) mass is 157 g/mol. The number of hydrogen-bond acceptors (Lipinski definition) is 3. The van der Waals surface area contributed by atoms with Crippen molar-refractivity contribution in [2.24, 2.45) is 0 Å². The highest BCUT2D eigenvalue weighted by Gasteiger charge is 1.90. The van der Waals surface area contributed by atoms with E-state index in [1.807, 2.05) is 0 Å². The molecular formula is C5H4ClN3O. The Balaban J connectivity index is 2.78. The molecule has 5 heteroatoms. The van der Waals surface area contributed by atoms with E-state index in [0.717, 1.165) is 0 Å². The summed E-state index contributed by atoms with van der Waals surface area (Å²) in [5.74, 6) is 0.388. The van der Waals surface area contributed by atoms with Crippen molar-refractivity contribution in [2.75, 3.05) is 5.32 Å². The molecule has 4 nitrogen and oxygen atoms in total. The van der Waals surface area contributed by atoms with Crippen LogP contribution in [0.1, 0.15) is 0 Å². The van der Waals surface area contributed by atoms with E-state index in [4.69, 9.17) is 11.6 Å². The van der Waals surface area contributed by atoms with Crippen LogP contribution in [-0.2, 0) is 4.79 Å². The Hall–Kier alpha value is -1.16. The van der Waals surface area contributed by atoms with Gasteiger partial charge in [0.25, 0.3) is 0 Å². The van der Waals surface area contributed by atoms with Gasteiger partial charge in [0.2, 0.25) is 6.41 Å². The third-order valence-electron chi connectivity index (χ3n) is 0.839. The summed E-state index contributed by atoms with van der Waals surface area (Å²) in [6.07, 6.45) is 0.526. The van der Waals surface area contributed by atoms with Gasteiger partial charge in [-0.25, -0.2) is 0 Å². The highest BCUT2D eigenvalue weighted by molar-refractivity contribution is 6.29. The predicted molar refractivity (Wildman–Crippen MR) is 36.7 cm³/mol. The molecule has 0 bridgehead atoms. The summed E-state index contributed by atoms with van der Waals surface area (Å²) >= 11 is 5.42. The van der Waals surface area contributed by atoms with Gasteiger partial charge in [-0.1, -0.05) is 11.6 Å². The van der Waals surface area contributed by atoms with Crippen LogP contribution in [0, 0.1) is 0 Å². The number of aromatic nitrogens is 2. The van der Waals surface area contributed by atoms with Crippen molar-refractivity contribution in [3.8, 4) is 0 Å². The van der Waals surface area contributed by atoms with E-state index in [1.165, 1.54) is 0 Å². The van der Waals surface area contributed by atoms with Crippen LogP contribution in [0.2, 0.25) is 5.15 Å². The highest BCUT2D eigenvalue weighted by atomic mass is 35.5. The molecule has 0 saturated carbocycles. The van der Waals surface area contributed by atoms with Crippen LogP contribution in [0.3, 0.4) is 0 Å². The molecule has 0 radical (unpaired) electrons. The van der Waals surface area contributed by atoms with E-state index in [0.29, 0.717) is 17.4 Å². The summed E-state index contributed by atoms with van der Waals surface area (Å²) < 4.78 is 0. The van der Waals surface area contributed by atoms with Gasteiger partial charge in [0.15, 0.2) is 11.0 Å². The third-order valence-corrected chi connectivity index (χ3v) is 1.04. The quantitative estimate of drug-likeness (QED) is 0.643. The molecule has 1 rings (SSSR count). The Morgan fingerprint density at radius 1 is 1.50 bits per heavy atom. The van der Waals surface area contributed by atoms with Crippen molar-refractivity contribution in [3.63, 3.8) is 0 Å². The summed E-state index contributed by atoms with van der Waals surface area (Å²) in [4.78, 5) is 9.85. The van der Waals surface area contributed by atoms with Gasteiger partial charge in [-0.2, -0.15) is 0 Å². The van der Waals surface area contributed by atoms with Gasteiger partial charge in [-0.15, -0.1) is 10.2 Å². The second kappa shape index (κ2) is 3.12. The molecule has 0 fully saturated rings. The first-order valence-electron chi connectivity index (χ1n) is 2.52. The van der Waals surface area contributed by atoms with Gasteiger partial charge >= 0.3 is 0 Å². The van der Waals surface area contributed by atoms with E-state index in [2.05, 4.69) is 15.5 Å². The van der Waals surface area contributed by atoms with E-state index in [1.54, 1.807) is 12.1 Å². The fourth-order valence-corrected chi connectivity index (χ4v) is 0.554. The van der Waals surface area contributed by atoms with Crippen LogP contribution in [0.25, 0.3) is 0 Å². The van der Waals surface area contributed by atoms with Crippen molar-refractivity contribution in [2.45, 2.75) is 0 Å². The molecular weight excluding hydrogens is 154 g/mol. The smallest absolute Gasteiger partial charge is 0.212 e. The summed E-state index contributed by atoms with van der Waals surface area (Å²) in [5, 5.41) is 9.66. The molecule has 1 amide bonds. The van der Waals surface area contributed by atoms with Crippen LogP contribution in [0.4, 0.5) is 5.82 Å². The first-order chi connectivity index (χ1) is 4.83. The van der Waals surface area contributed by atoms with E-state index < -0.39 is 0 Å². The molecule has 0 unspecified atom stereocenters. The molecule has 0 saturated heterocycles. The lowest BCUT2D eigenvalue weighted by molar-refractivity contribution is -0.105. The maximum atomic E-state index is 9.85. The SMILES string of the molecule is O=CNc1ccc(Cl)nn1. The summed E-state index contributed by atoms with van der Waals surface area (Å²) in [5.41, 5.74) is 0. The van der Waals surface area contributed by atoms with Gasteiger partial charge in [0.05, 0.1) is 0 Å². The second-order valence-corrected chi connectivity index (χ2v) is 1.89. The fourth-order valence-electron chi connectivity index (χ4n) is 0.453. The summed E-state index contributed by atoms with van der Waals surface area (Å²) in [6.45, 7) is 0. The van der Waals surface area contributed by atoms with Crippen molar-refractivity contribution in [1.82, 2.24) is 10.2 Å². The topological polar surface area (TPSA) is 54.9 Å². The minimum atomic E-state index is 0.302. The van der Waals surface area contributed by atoms with Crippen LogP contribution in [0.5, 0.6) is 0 Å². The molecule has 0 aliphatic rings. The van der Waals surface area contributed by atoms with Gasteiger partial charge in [-0.05, 0) is 12.1 Å². The lowest BCUT2D eigenvalue weighted by Gasteiger charge is -1.92. The molecule has 0 spiro atoms. The Bertz CT molecular complexity index is 223. The van der Waals surface area contributed by atoms with Crippen LogP contribution < -0.4 is 5.32 Å². The number of halogens is 1. The predicted octanol–water partition coefficient (Wildman–Crippen LogP) is 0.698. The standard InChI is InChI=1S/C5H4ClN3O/c6-4-1-2-5(7-3-10)9-8-4/h1-3H,(H,7,9,10). The maximum absolute atomic E-state index is 9.85. The zero-order chi connectivity index (χ0) is 7.40. The molecule has 1 N–H and O–H groups in total. The minimum Gasteiger partial charge on any atom is -0.312 e. The number of rotatable bonds is 2. The van der Waals surface area contributed by atoms with Gasteiger partial charge in [-0.3, -0.25) is 4.79 Å². The molecule has 1 aromatic rings. The zero-order valence-electron chi connectivity index (χ0n) is 4.91. The Labute approximate surface area is 62.2 Å². The number of carbonyl (C=O) groups is 1. The van der Waals surface area contributed by atoms with Crippen molar-refractivity contribution in [3.05, 3.63) is 17.3 Å². The van der Waals surface area contributed by atoms with Crippen molar-refractivity contribution in [1.29, 1.82) is 0 Å². The summed E-state index contributed by atoms with van der Waals surface area (Å²) in [6, 6.07) is 3.10.